The Morgan fingerprint density at radius 2 is 2.33 bits per heavy atom. The number of rotatable bonds is 4. The highest BCUT2D eigenvalue weighted by atomic mass is 32.1. The molecule has 1 aromatic rings. The highest BCUT2D eigenvalue weighted by molar-refractivity contribution is 7.10. The molecule has 0 saturated carbocycles. The van der Waals surface area contributed by atoms with Crippen molar-refractivity contribution in [1.82, 2.24) is 0 Å². The molecule has 2 N–H and O–H groups in total. The molecule has 0 amide bonds. The molecular weight excluding hydrogens is 206 g/mol. The van der Waals surface area contributed by atoms with E-state index < -0.39 is 0 Å². The molecule has 1 saturated heterocycles. The van der Waals surface area contributed by atoms with E-state index in [1.165, 1.54) is 10.4 Å². The van der Waals surface area contributed by atoms with Gasteiger partial charge < -0.3 is 10.5 Å². The number of thiophene rings is 1. The summed E-state index contributed by atoms with van der Waals surface area (Å²) in [6, 6.07) is 2.20. The molecule has 2 rings (SSSR count). The molecule has 0 spiro atoms. The summed E-state index contributed by atoms with van der Waals surface area (Å²) in [6.45, 7) is 6.88. The smallest absolute Gasteiger partial charge is 0.0596 e. The van der Waals surface area contributed by atoms with Crippen LogP contribution in [0.2, 0.25) is 0 Å². The lowest BCUT2D eigenvalue weighted by molar-refractivity contribution is -0.0881. The van der Waals surface area contributed by atoms with E-state index in [1.54, 1.807) is 0 Å². The highest BCUT2D eigenvalue weighted by Crippen LogP contribution is 2.44. The number of hydrogen-bond acceptors (Lipinski definition) is 3. The fraction of sp³-hybridized carbons (Fsp3) is 0.667. The fourth-order valence-corrected chi connectivity index (χ4v) is 3.72. The van der Waals surface area contributed by atoms with Crippen LogP contribution in [0.5, 0.6) is 0 Å². The molecule has 2 nitrogen and oxygen atoms in total. The molecule has 0 radical (unpaired) electrons. The maximum Gasteiger partial charge on any atom is 0.0596 e. The van der Waals surface area contributed by atoms with E-state index >= 15 is 0 Å². The molecule has 1 fully saturated rings. The molecule has 1 unspecified atom stereocenters. The molecule has 1 aliphatic rings. The zero-order chi connectivity index (χ0) is 10.9. The van der Waals surface area contributed by atoms with Gasteiger partial charge in [-0.1, -0.05) is 13.3 Å². The van der Waals surface area contributed by atoms with Gasteiger partial charge in [0.2, 0.25) is 0 Å². The Morgan fingerprint density at radius 1 is 1.60 bits per heavy atom. The van der Waals surface area contributed by atoms with Gasteiger partial charge in [-0.3, -0.25) is 0 Å². The molecule has 1 aromatic heterocycles. The lowest BCUT2D eigenvalue weighted by atomic mass is 9.70. The first-order valence-electron chi connectivity index (χ1n) is 5.57. The predicted molar refractivity (Wildman–Crippen MR) is 64.4 cm³/mol. The molecule has 0 aromatic carbocycles. The second-order valence-corrected chi connectivity index (χ2v) is 5.34. The molecule has 2 heterocycles. The van der Waals surface area contributed by atoms with E-state index in [-0.39, 0.29) is 5.41 Å². The Hall–Kier alpha value is -0.380. The largest absolute Gasteiger partial charge is 0.379 e. The van der Waals surface area contributed by atoms with Gasteiger partial charge in [0.15, 0.2) is 0 Å². The van der Waals surface area contributed by atoms with Crippen LogP contribution in [0, 0.1) is 12.8 Å². The molecule has 1 atom stereocenters. The van der Waals surface area contributed by atoms with Crippen molar-refractivity contribution in [3.05, 3.63) is 21.9 Å². The average Bonchev–Trinajstić information content (AvgIpc) is 2.58. The van der Waals surface area contributed by atoms with Crippen molar-refractivity contribution in [2.45, 2.75) is 25.7 Å². The first kappa shape index (κ1) is 11.1. The normalized spacial score (nSPS) is 21.0. The Balaban J connectivity index is 2.33. The van der Waals surface area contributed by atoms with Gasteiger partial charge >= 0.3 is 0 Å². The Labute approximate surface area is 95.4 Å². The summed E-state index contributed by atoms with van der Waals surface area (Å²) in [5, 5.41) is 2.17. The highest BCUT2D eigenvalue weighted by Gasteiger charge is 2.47. The van der Waals surface area contributed by atoms with Crippen molar-refractivity contribution in [2.75, 3.05) is 19.8 Å². The van der Waals surface area contributed by atoms with Crippen LogP contribution in [0.1, 0.15) is 23.8 Å². The van der Waals surface area contributed by atoms with E-state index in [9.17, 15) is 0 Å². The first-order valence-corrected chi connectivity index (χ1v) is 6.45. The summed E-state index contributed by atoms with van der Waals surface area (Å²) >= 11 is 1.86. The van der Waals surface area contributed by atoms with Gasteiger partial charge in [-0.05, 0) is 36.4 Å². The van der Waals surface area contributed by atoms with Crippen LogP contribution in [-0.4, -0.2) is 19.8 Å². The summed E-state index contributed by atoms with van der Waals surface area (Å²) in [6.07, 6.45) is 1.14. The molecule has 84 valence electrons. The Bertz CT molecular complexity index is 326. The van der Waals surface area contributed by atoms with Crippen LogP contribution in [0.4, 0.5) is 0 Å². The van der Waals surface area contributed by atoms with Crippen molar-refractivity contribution in [1.29, 1.82) is 0 Å². The minimum atomic E-state index is 0.224. The third-order valence-corrected chi connectivity index (χ3v) is 4.83. The number of nitrogens with two attached hydrogens (primary N) is 1. The second-order valence-electron chi connectivity index (χ2n) is 4.42. The number of aryl methyl sites for hydroxylation is 1. The maximum atomic E-state index is 5.88. The van der Waals surface area contributed by atoms with Crippen LogP contribution in [0.3, 0.4) is 0 Å². The predicted octanol–water partition coefficient (Wildman–Crippen LogP) is 2.31. The standard InChI is InChI=1S/C12H19NOS/c1-3-10(6-13)12(7-14-8-12)11-9(2)4-5-15-11/h4-5,10H,3,6-8,13H2,1-2H3. The first-order chi connectivity index (χ1) is 7.24. The molecular formula is C12H19NOS. The van der Waals surface area contributed by atoms with Gasteiger partial charge in [0.05, 0.1) is 18.6 Å². The van der Waals surface area contributed by atoms with Gasteiger partial charge in [0.25, 0.3) is 0 Å². The van der Waals surface area contributed by atoms with Crippen molar-refractivity contribution in [3.63, 3.8) is 0 Å². The molecule has 15 heavy (non-hydrogen) atoms. The van der Waals surface area contributed by atoms with E-state index in [0.29, 0.717) is 5.92 Å². The third kappa shape index (κ3) is 1.63. The molecule has 0 bridgehead atoms. The summed E-state index contributed by atoms with van der Waals surface area (Å²) in [4.78, 5) is 1.49. The zero-order valence-corrected chi connectivity index (χ0v) is 10.3. The quantitative estimate of drug-likeness (QED) is 0.853. The molecule has 1 aliphatic heterocycles. The minimum absolute atomic E-state index is 0.224. The number of ether oxygens (including phenoxy) is 1. The maximum absolute atomic E-state index is 5.88. The molecule has 3 heteroatoms. The Kier molecular flexibility index (Phi) is 3.14. The van der Waals surface area contributed by atoms with Gasteiger partial charge in [-0.25, -0.2) is 0 Å². The van der Waals surface area contributed by atoms with Gasteiger partial charge in [0, 0.05) is 4.88 Å². The van der Waals surface area contributed by atoms with Crippen molar-refractivity contribution in [2.24, 2.45) is 11.7 Å². The van der Waals surface area contributed by atoms with Crippen molar-refractivity contribution in [3.8, 4) is 0 Å². The fourth-order valence-electron chi connectivity index (χ4n) is 2.54. The lowest BCUT2D eigenvalue weighted by Crippen LogP contribution is -2.54. The van der Waals surface area contributed by atoms with Crippen molar-refractivity contribution < 1.29 is 4.74 Å². The Morgan fingerprint density at radius 3 is 2.67 bits per heavy atom. The SMILES string of the molecule is CCC(CN)C1(c2sccc2C)COC1. The van der Waals surface area contributed by atoms with E-state index in [2.05, 4.69) is 25.3 Å². The van der Waals surface area contributed by atoms with Gasteiger partial charge in [0.1, 0.15) is 0 Å². The van der Waals surface area contributed by atoms with E-state index in [1.807, 2.05) is 11.3 Å². The third-order valence-electron chi connectivity index (χ3n) is 3.59. The summed E-state index contributed by atoms with van der Waals surface area (Å²) in [7, 11) is 0. The number of hydrogen-bond donors (Lipinski definition) is 1. The van der Waals surface area contributed by atoms with E-state index in [0.717, 1.165) is 26.2 Å². The van der Waals surface area contributed by atoms with Gasteiger partial charge in [-0.2, -0.15) is 0 Å². The van der Waals surface area contributed by atoms with Crippen molar-refractivity contribution >= 4 is 11.3 Å². The zero-order valence-electron chi connectivity index (χ0n) is 9.45. The van der Waals surface area contributed by atoms with Crippen LogP contribution < -0.4 is 5.73 Å². The summed E-state index contributed by atoms with van der Waals surface area (Å²) < 4.78 is 5.45. The lowest BCUT2D eigenvalue weighted by Gasteiger charge is -2.46. The summed E-state index contributed by atoms with van der Waals surface area (Å²) in [5.74, 6) is 0.559. The average molecular weight is 225 g/mol. The van der Waals surface area contributed by atoms with Crippen LogP contribution in [0.15, 0.2) is 11.4 Å². The van der Waals surface area contributed by atoms with Crippen LogP contribution in [0.25, 0.3) is 0 Å². The minimum Gasteiger partial charge on any atom is -0.379 e. The monoisotopic (exact) mass is 225 g/mol. The van der Waals surface area contributed by atoms with Gasteiger partial charge in [-0.15, -0.1) is 11.3 Å². The van der Waals surface area contributed by atoms with Crippen LogP contribution in [-0.2, 0) is 10.2 Å². The topological polar surface area (TPSA) is 35.2 Å². The van der Waals surface area contributed by atoms with E-state index in [4.69, 9.17) is 10.5 Å². The van der Waals surface area contributed by atoms with Crippen LogP contribution >= 0.6 is 11.3 Å². The molecule has 0 aliphatic carbocycles. The summed E-state index contributed by atoms with van der Waals surface area (Å²) in [5.41, 5.74) is 7.51. The second kappa shape index (κ2) is 4.24.